The van der Waals surface area contributed by atoms with Crippen LogP contribution in [0.4, 0.5) is 0 Å². The number of ether oxygens (including phenoxy) is 1. The zero-order chi connectivity index (χ0) is 15.2. The molecule has 0 spiro atoms. The van der Waals surface area contributed by atoms with Crippen molar-refractivity contribution in [3.8, 4) is 11.4 Å². The third-order valence-electron chi connectivity index (χ3n) is 3.77. The number of thiophene rings is 1. The van der Waals surface area contributed by atoms with E-state index in [-0.39, 0.29) is 0 Å². The van der Waals surface area contributed by atoms with Crippen LogP contribution in [0.3, 0.4) is 0 Å². The fourth-order valence-electron chi connectivity index (χ4n) is 2.33. The molecule has 2 aromatic heterocycles. The first kappa shape index (κ1) is 14.3. The van der Waals surface area contributed by atoms with Crippen molar-refractivity contribution in [1.82, 2.24) is 14.4 Å². The lowest BCUT2D eigenvalue weighted by molar-refractivity contribution is 0.0731. The zero-order valence-electron chi connectivity index (χ0n) is 11.8. The maximum Gasteiger partial charge on any atom is 0.252 e. The van der Waals surface area contributed by atoms with E-state index in [1.807, 2.05) is 0 Å². The number of rotatable bonds is 4. The van der Waals surface area contributed by atoms with Gasteiger partial charge in [-0.15, -0.1) is 11.3 Å². The molecule has 22 heavy (non-hydrogen) atoms. The van der Waals surface area contributed by atoms with Crippen molar-refractivity contribution < 1.29 is 17.7 Å². The Morgan fingerprint density at radius 2 is 2.05 bits per heavy atom. The largest absolute Gasteiger partial charge is 0.379 e. The lowest BCUT2D eigenvalue weighted by Gasteiger charge is -2.25. The summed E-state index contributed by atoms with van der Waals surface area (Å²) in [6, 6.07) is 1.62. The summed E-state index contributed by atoms with van der Waals surface area (Å²) in [6.07, 6.45) is 2.17. The summed E-state index contributed by atoms with van der Waals surface area (Å²) < 4.78 is 37.3. The zero-order valence-corrected chi connectivity index (χ0v) is 13.4. The van der Waals surface area contributed by atoms with Gasteiger partial charge in [0.25, 0.3) is 10.0 Å². The molecule has 1 saturated carbocycles. The van der Waals surface area contributed by atoms with Gasteiger partial charge in [0.1, 0.15) is 4.21 Å². The molecule has 0 amide bonds. The van der Waals surface area contributed by atoms with Crippen molar-refractivity contribution >= 4 is 21.4 Å². The Balaban J connectivity index is 1.59. The first-order valence-electron chi connectivity index (χ1n) is 7.15. The molecule has 1 saturated heterocycles. The Morgan fingerprint density at radius 1 is 1.27 bits per heavy atom. The van der Waals surface area contributed by atoms with Crippen molar-refractivity contribution in [3.05, 3.63) is 17.3 Å². The van der Waals surface area contributed by atoms with Gasteiger partial charge in [0.15, 0.2) is 0 Å². The predicted octanol–water partition coefficient (Wildman–Crippen LogP) is 1.70. The summed E-state index contributed by atoms with van der Waals surface area (Å²) in [5.74, 6) is 1.50. The van der Waals surface area contributed by atoms with E-state index < -0.39 is 10.0 Å². The lowest BCUT2D eigenvalue weighted by atomic mass is 10.3. The molecular weight excluding hydrogens is 326 g/mol. The highest BCUT2D eigenvalue weighted by atomic mass is 32.2. The number of morpholine rings is 1. The summed E-state index contributed by atoms with van der Waals surface area (Å²) in [5, 5.41) is 5.71. The Kier molecular flexibility index (Phi) is 3.52. The molecule has 0 aromatic carbocycles. The highest BCUT2D eigenvalue weighted by molar-refractivity contribution is 7.91. The van der Waals surface area contributed by atoms with Gasteiger partial charge in [0, 0.05) is 30.0 Å². The van der Waals surface area contributed by atoms with E-state index in [0.717, 1.165) is 12.8 Å². The third kappa shape index (κ3) is 2.58. The highest BCUT2D eigenvalue weighted by Crippen LogP contribution is 2.40. The van der Waals surface area contributed by atoms with Gasteiger partial charge in [0.2, 0.25) is 11.7 Å². The molecule has 0 N–H and O–H groups in total. The molecule has 4 rings (SSSR count). The number of aromatic nitrogens is 2. The molecular formula is C13H15N3O4S2. The molecule has 3 heterocycles. The Bertz CT molecular complexity index is 773. The SMILES string of the molecule is O=S(=O)(c1cc(-c2noc(C3CC3)n2)cs1)N1CCOCC1. The molecule has 2 aliphatic rings. The van der Waals surface area contributed by atoms with Crippen LogP contribution in [0.5, 0.6) is 0 Å². The Hall–Kier alpha value is -1.29. The van der Waals surface area contributed by atoms with Crippen LogP contribution >= 0.6 is 11.3 Å². The summed E-state index contributed by atoms with van der Waals surface area (Å²) in [6.45, 7) is 1.66. The van der Waals surface area contributed by atoms with Crippen LogP contribution in [-0.2, 0) is 14.8 Å². The van der Waals surface area contributed by atoms with Gasteiger partial charge in [-0.05, 0) is 18.9 Å². The van der Waals surface area contributed by atoms with Gasteiger partial charge in [0.05, 0.1) is 13.2 Å². The van der Waals surface area contributed by atoms with Crippen molar-refractivity contribution in [2.75, 3.05) is 26.3 Å². The van der Waals surface area contributed by atoms with Crippen LogP contribution in [0.2, 0.25) is 0 Å². The minimum Gasteiger partial charge on any atom is -0.379 e. The van der Waals surface area contributed by atoms with Gasteiger partial charge >= 0.3 is 0 Å². The number of nitrogens with zero attached hydrogens (tertiary/aromatic N) is 3. The van der Waals surface area contributed by atoms with E-state index >= 15 is 0 Å². The molecule has 0 atom stereocenters. The molecule has 1 aliphatic carbocycles. The highest BCUT2D eigenvalue weighted by Gasteiger charge is 2.31. The number of hydrogen-bond acceptors (Lipinski definition) is 7. The number of hydrogen-bond donors (Lipinski definition) is 0. The Morgan fingerprint density at radius 3 is 2.77 bits per heavy atom. The quantitative estimate of drug-likeness (QED) is 0.841. The second-order valence-electron chi connectivity index (χ2n) is 5.40. The van der Waals surface area contributed by atoms with Gasteiger partial charge in [-0.3, -0.25) is 0 Å². The fraction of sp³-hybridized carbons (Fsp3) is 0.538. The third-order valence-corrected chi connectivity index (χ3v) is 7.08. The normalized spacial score (nSPS) is 20.4. The van der Waals surface area contributed by atoms with E-state index in [9.17, 15) is 8.42 Å². The van der Waals surface area contributed by atoms with Crippen LogP contribution < -0.4 is 0 Å². The van der Waals surface area contributed by atoms with Crippen molar-refractivity contribution in [2.45, 2.75) is 23.0 Å². The predicted molar refractivity (Wildman–Crippen MR) is 79.2 cm³/mol. The average molecular weight is 341 g/mol. The standard InChI is InChI=1S/C13H15N3O4S2/c17-22(18,16-3-5-19-6-4-16)11-7-10(8-21-11)12-14-13(20-15-12)9-1-2-9/h7-9H,1-6H2. The number of sulfonamides is 1. The van der Waals surface area contributed by atoms with Crippen LogP contribution in [0.15, 0.2) is 20.2 Å². The molecule has 118 valence electrons. The summed E-state index contributed by atoms with van der Waals surface area (Å²) in [7, 11) is -3.46. The second kappa shape index (κ2) is 5.41. The molecule has 0 bridgehead atoms. The van der Waals surface area contributed by atoms with Gasteiger partial charge in [-0.2, -0.15) is 9.29 Å². The topological polar surface area (TPSA) is 85.5 Å². The van der Waals surface area contributed by atoms with E-state index in [1.165, 1.54) is 15.6 Å². The van der Waals surface area contributed by atoms with Crippen LogP contribution in [0.25, 0.3) is 11.4 Å². The smallest absolute Gasteiger partial charge is 0.252 e. The molecule has 2 fully saturated rings. The van der Waals surface area contributed by atoms with Gasteiger partial charge in [-0.25, -0.2) is 8.42 Å². The van der Waals surface area contributed by atoms with E-state index in [1.54, 1.807) is 11.4 Å². The minimum atomic E-state index is -3.46. The molecule has 2 aromatic rings. The fourth-order valence-corrected chi connectivity index (χ4v) is 5.05. The monoisotopic (exact) mass is 341 g/mol. The average Bonchev–Trinajstić information content (AvgIpc) is 3.06. The maximum absolute atomic E-state index is 12.6. The maximum atomic E-state index is 12.6. The van der Waals surface area contributed by atoms with Crippen molar-refractivity contribution in [2.24, 2.45) is 0 Å². The van der Waals surface area contributed by atoms with E-state index in [0.29, 0.717) is 53.7 Å². The lowest BCUT2D eigenvalue weighted by Crippen LogP contribution is -2.40. The summed E-state index contributed by atoms with van der Waals surface area (Å²) in [5.41, 5.74) is 0.687. The molecule has 7 nitrogen and oxygen atoms in total. The van der Waals surface area contributed by atoms with Crippen LogP contribution in [0, 0.1) is 0 Å². The first-order chi connectivity index (χ1) is 10.6. The van der Waals surface area contributed by atoms with E-state index in [2.05, 4.69) is 10.1 Å². The second-order valence-corrected chi connectivity index (χ2v) is 8.48. The molecule has 1 aliphatic heterocycles. The summed E-state index contributed by atoms with van der Waals surface area (Å²) >= 11 is 1.19. The molecule has 0 radical (unpaired) electrons. The van der Waals surface area contributed by atoms with Crippen molar-refractivity contribution in [3.63, 3.8) is 0 Å². The minimum absolute atomic E-state index is 0.308. The van der Waals surface area contributed by atoms with Gasteiger partial charge < -0.3 is 9.26 Å². The first-order valence-corrected chi connectivity index (χ1v) is 9.47. The molecule has 9 heteroatoms. The van der Waals surface area contributed by atoms with Crippen LogP contribution in [-0.4, -0.2) is 49.2 Å². The van der Waals surface area contributed by atoms with Gasteiger partial charge in [-0.1, -0.05) is 5.16 Å². The summed E-state index contributed by atoms with van der Waals surface area (Å²) in [4.78, 5) is 4.35. The van der Waals surface area contributed by atoms with Crippen molar-refractivity contribution in [1.29, 1.82) is 0 Å². The van der Waals surface area contributed by atoms with E-state index in [4.69, 9.17) is 9.26 Å². The van der Waals surface area contributed by atoms with Crippen LogP contribution in [0.1, 0.15) is 24.7 Å². The Labute approximate surface area is 131 Å². The molecule has 0 unspecified atom stereocenters.